The Balaban J connectivity index is 1.53. The zero-order valence-corrected chi connectivity index (χ0v) is 15.8. The first kappa shape index (κ1) is 18.6. The molecule has 0 fully saturated rings. The summed E-state index contributed by atoms with van der Waals surface area (Å²) in [7, 11) is 0. The average Bonchev–Trinajstić information content (AvgIpc) is 3.23. The van der Waals surface area contributed by atoms with Crippen molar-refractivity contribution in [1.82, 2.24) is 5.27 Å². The van der Waals surface area contributed by atoms with E-state index in [-0.39, 0.29) is 0 Å². The standard InChI is InChI=1S/C26H14N2O2/c1-2-20-7-9-21(10-8-20)11-12-22-13-15-23(16-14-22)17-18-24-5-3-4-6-25(24)28-19-26(29)30-27-28/h1,3-10,13-16,19H/p+1. The highest BCUT2D eigenvalue weighted by atomic mass is 16.5. The molecule has 0 spiro atoms. The van der Waals surface area contributed by atoms with Crippen LogP contribution in [0.15, 0.2) is 88.3 Å². The van der Waals surface area contributed by atoms with E-state index in [0.717, 1.165) is 33.5 Å². The molecular weight excluding hydrogens is 372 g/mol. The van der Waals surface area contributed by atoms with Crippen LogP contribution in [0.5, 0.6) is 0 Å². The number of hydrogen-bond acceptors (Lipinski definition) is 2. The molecule has 0 bridgehead atoms. The first-order valence-electron chi connectivity index (χ1n) is 9.12. The summed E-state index contributed by atoms with van der Waals surface area (Å²) in [6, 6.07) is 22.8. The van der Waals surface area contributed by atoms with Crippen LogP contribution in [0.4, 0.5) is 0 Å². The fraction of sp³-hybridized carbons (Fsp3) is 0. The Hall–Kier alpha value is -4.72. The molecule has 4 rings (SSSR count). The van der Waals surface area contributed by atoms with Crippen LogP contribution in [0.25, 0.3) is 5.69 Å². The van der Waals surface area contributed by atoms with E-state index in [2.05, 4.69) is 34.9 Å². The Kier molecular flexibility index (Phi) is 5.30. The van der Waals surface area contributed by atoms with Crippen LogP contribution in [-0.2, 0) is 0 Å². The van der Waals surface area contributed by atoms with Crippen molar-refractivity contribution in [3.63, 3.8) is 0 Å². The highest BCUT2D eigenvalue weighted by Gasteiger charge is 2.14. The molecule has 4 nitrogen and oxygen atoms in total. The van der Waals surface area contributed by atoms with Crippen molar-refractivity contribution in [3.8, 4) is 41.7 Å². The topological polar surface area (TPSA) is 49.9 Å². The van der Waals surface area contributed by atoms with Gasteiger partial charge in [0.2, 0.25) is 0 Å². The zero-order valence-electron chi connectivity index (χ0n) is 15.8. The van der Waals surface area contributed by atoms with E-state index in [0.29, 0.717) is 0 Å². The lowest BCUT2D eigenvalue weighted by Gasteiger charge is -1.95. The van der Waals surface area contributed by atoms with Crippen LogP contribution < -0.4 is 10.3 Å². The van der Waals surface area contributed by atoms with E-state index in [1.54, 1.807) is 0 Å². The maximum absolute atomic E-state index is 11.3. The van der Waals surface area contributed by atoms with Crippen LogP contribution >= 0.6 is 0 Å². The molecule has 0 saturated carbocycles. The van der Waals surface area contributed by atoms with Gasteiger partial charge in [0.15, 0.2) is 0 Å². The molecule has 0 amide bonds. The fourth-order valence-electron chi connectivity index (χ4n) is 2.73. The summed E-state index contributed by atoms with van der Waals surface area (Å²) < 4.78 is 6.23. The van der Waals surface area contributed by atoms with Crippen molar-refractivity contribution in [2.24, 2.45) is 0 Å². The second-order valence-electron chi connectivity index (χ2n) is 6.33. The van der Waals surface area contributed by atoms with Gasteiger partial charge in [0, 0.05) is 28.3 Å². The molecule has 0 atom stereocenters. The molecule has 0 unspecified atom stereocenters. The number of benzene rings is 3. The van der Waals surface area contributed by atoms with E-state index in [4.69, 9.17) is 10.9 Å². The summed E-state index contributed by atoms with van der Waals surface area (Å²) in [5.74, 6) is 15.1. The van der Waals surface area contributed by atoms with Gasteiger partial charge < -0.3 is 0 Å². The first-order chi connectivity index (χ1) is 14.7. The van der Waals surface area contributed by atoms with Gasteiger partial charge in [-0.15, -0.1) is 6.42 Å². The summed E-state index contributed by atoms with van der Waals surface area (Å²) in [4.78, 5) is 11.3. The minimum absolute atomic E-state index is 0.457. The number of terminal acetylenes is 1. The third kappa shape index (κ3) is 4.39. The van der Waals surface area contributed by atoms with Crippen molar-refractivity contribution in [1.29, 1.82) is 0 Å². The molecule has 1 N–H and O–H groups in total. The summed E-state index contributed by atoms with van der Waals surface area (Å²) >= 11 is 0. The number of aromatic amines is 1. The Labute approximate surface area is 173 Å². The van der Waals surface area contributed by atoms with Crippen LogP contribution in [0.1, 0.15) is 27.8 Å². The van der Waals surface area contributed by atoms with E-state index < -0.39 is 5.63 Å². The smallest absolute Gasteiger partial charge is 0.283 e. The van der Waals surface area contributed by atoms with E-state index >= 15 is 0 Å². The zero-order chi connectivity index (χ0) is 20.8. The van der Waals surface area contributed by atoms with E-state index in [1.807, 2.05) is 72.8 Å². The molecule has 0 radical (unpaired) electrons. The Bertz CT molecular complexity index is 1410. The number of hydrogen-bond donors (Lipinski definition) is 1. The van der Waals surface area contributed by atoms with Crippen molar-refractivity contribution in [2.45, 2.75) is 0 Å². The predicted molar refractivity (Wildman–Crippen MR) is 114 cm³/mol. The van der Waals surface area contributed by atoms with Crippen molar-refractivity contribution < 1.29 is 9.20 Å². The minimum Gasteiger partial charge on any atom is -0.283 e. The predicted octanol–water partition coefficient (Wildman–Crippen LogP) is 3.03. The highest BCUT2D eigenvalue weighted by Crippen LogP contribution is 2.08. The summed E-state index contributed by atoms with van der Waals surface area (Å²) in [5.41, 5.74) is 4.54. The lowest BCUT2D eigenvalue weighted by atomic mass is 10.1. The minimum atomic E-state index is -0.457. The molecule has 4 heteroatoms. The normalized spacial score (nSPS) is 9.57. The van der Waals surface area contributed by atoms with Gasteiger partial charge in [-0.25, -0.2) is 4.79 Å². The van der Waals surface area contributed by atoms with Gasteiger partial charge in [-0.3, -0.25) is 4.52 Å². The van der Waals surface area contributed by atoms with Crippen molar-refractivity contribution >= 4 is 0 Å². The van der Waals surface area contributed by atoms with Crippen LogP contribution in [0.3, 0.4) is 0 Å². The third-order valence-electron chi connectivity index (χ3n) is 4.27. The summed E-state index contributed by atoms with van der Waals surface area (Å²) in [5, 5.41) is 2.54. The lowest BCUT2D eigenvalue weighted by Crippen LogP contribution is -2.33. The van der Waals surface area contributed by atoms with Gasteiger partial charge in [0.1, 0.15) is 0 Å². The van der Waals surface area contributed by atoms with Crippen molar-refractivity contribution in [2.75, 3.05) is 0 Å². The molecule has 0 aliphatic heterocycles. The first-order valence-corrected chi connectivity index (χ1v) is 9.12. The Morgan fingerprint density at radius 1 is 0.733 bits per heavy atom. The lowest BCUT2D eigenvalue weighted by molar-refractivity contribution is -0.670. The van der Waals surface area contributed by atoms with Gasteiger partial charge in [0.25, 0.3) is 11.9 Å². The van der Waals surface area contributed by atoms with Crippen molar-refractivity contribution in [3.05, 3.63) is 117 Å². The number of aromatic nitrogens is 2. The van der Waals surface area contributed by atoms with Crippen LogP contribution in [0.2, 0.25) is 0 Å². The van der Waals surface area contributed by atoms with Gasteiger partial charge in [-0.05, 0) is 64.6 Å². The molecule has 4 aromatic rings. The molecule has 30 heavy (non-hydrogen) atoms. The molecule has 1 heterocycles. The number of nitrogens with zero attached hydrogens (tertiary/aromatic N) is 1. The summed E-state index contributed by atoms with van der Waals surface area (Å²) in [6.07, 6.45) is 6.69. The third-order valence-corrected chi connectivity index (χ3v) is 4.27. The second-order valence-corrected chi connectivity index (χ2v) is 6.33. The SMILES string of the molecule is C#Cc1ccc(C#Cc2ccc(C#Cc3ccccc3-[n+]3cc(=O)o[nH]3)cc2)cc1. The quantitative estimate of drug-likeness (QED) is 0.403. The van der Waals surface area contributed by atoms with Gasteiger partial charge in [-0.2, -0.15) is 0 Å². The Morgan fingerprint density at radius 2 is 1.27 bits per heavy atom. The monoisotopic (exact) mass is 387 g/mol. The summed E-state index contributed by atoms with van der Waals surface area (Å²) in [6.45, 7) is 0. The highest BCUT2D eigenvalue weighted by molar-refractivity contribution is 5.51. The molecule has 1 aromatic heterocycles. The van der Waals surface area contributed by atoms with Gasteiger partial charge in [0.05, 0.1) is 5.56 Å². The second kappa shape index (κ2) is 8.53. The number of rotatable bonds is 1. The average molecular weight is 387 g/mol. The number of para-hydroxylation sites is 1. The van der Waals surface area contributed by atoms with E-state index in [1.165, 1.54) is 10.9 Å². The van der Waals surface area contributed by atoms with Gasteiger partial charge in [-0.1, -0.05) is 41.7 Å². The number of nitrogens with one attached hydrogen (secondary N) is 1. The molecule has 0 aliphatic rings. The molecule has 0 aliphatic carbocycles. The number of H-pyrrole nitrogens is 1. The Morgan fingerprint density at radius 3 is 1.80 bits per heavy atom. The molecule has 3 aromatic carbocycles. The van der Waals surface area contributed by atoms with Gasteiger partial charge >= 0.3 is 5.63 Å². The van der Waals surface area contributed by atoms with E-state index in [9.17, 15) is 4.79 Å². The molecule has 140 valence electrons. The largest absolute Gasteiger partial charge is 0.427 e. The fourth-order valence-corrected chi connectivity index (χ4v) is 2.73. The molecular formula is C26H15N2O2+. The van der Waals surface area contributed by atoms with Crippen LogP contribution in [-0.4, -0.2) is 5.27 Å². The van der Waals surface area contributed by atoms with Crippen LogP contribution in [0, 0.1) is 36.0 Å². The molecule has 0 saturated heterocycles. The maximum Gasteiger partial charge on any atom is 0.427 e. The maximum atomic E-state index is 11.3.